The number of aromatic carboxylic acids is 1. The first kappa shape index (κ1) is 16.6. The lowest BCUT2D eigenvalue weighted by atomic mass is 10.1. The lowest BCUT2D eigenvalue weighted by Gasteiger charge is -2.11. The van der Waals surface area contributed by atoms with Gasteiger partial charge < -0.3 is 14.8 Å². The number of aryl methyl sites for hydroxylation is 1. The number of quaternary nitrogens is 1. The predicted molar refractivity (Wildman–Crippen MR) is 73.0 cm³/mol. The molecule has 0 bridgehead atoms. The molecular formula is C13H20N2O4S. The lowest BCUT2D eigenvalue weighted by molar-refractivity contribution is -0.858. The topological polar surface area (TPSA) is 90.7 Å². The first-order chi connectivity index (χ1) is 9.24. The van der Waals surface area contributed by atoms with E-state index in [-0.39, 0.29) is 10.5 Å². The summed E-state index contributed by atoms with van der Waals surface area (Å²) in [4.78, 5) is 12.1. The molecule has 0 heterocycles. The second kappa shape index (κ2) is 6.83. The molecule has 0 fully saturated rings. The summed E-state index contributed by atoms with van der Waals surface area (Å²) in [6.07, 6.45) is 0.709. The number of carbonyl (C=O) groups is 1. The summed E-state index contributed by atoms with van der Waals surface area (Å²) in [5.74, 6) is -1.38. The molecule has 0 amide bonds. The van der Waals surface area contributed by atoms with Crippen LogP contribution in [-0.2, 0) is 10.0 Å². The van der Waals surface area contributed by atoms with E-state index >= 15 is 0 Å². The van der Waals surface area contributed by atoms with Crippen LogP contribution in [0.25, 0.3) is 0 Å². The Morgan fingerprint density at radius 1 is 1.35 bits per heavy atom. The van der Waals surface area contributed by atoms with E-state index in [1.807, 2.05) is 14.1 Å². The van der Waals surface area contributed by atoms with E-state index in [2.05, 4.69) is 4.72 Å². The minimum Gasteiger partial charge on any atom is -0.545 e. The highest BCUT2D eigenvalue weighted by molar-refractivity contribution is 7.89. The Kier molecular flexibility index (Phi) is 5.67. The Bertz CT molecular complexity index is 582. The van der Waals surface area contributed by atoms with Gasteiger partial charge >= 0.3 is 0 Å². The van der Waals surface area contributed by atoms with Gasteiger partial charge in [-0.15, -0.1) is 0 Å². The average molecular weight is 300 g/mol. The fraction of sp³-hybridized carbons (Fsp3) is 0.462. The van der Waals surface area contributed by atoms with Crippen LogP contribution < -0.4 is 14.7 Å². The zero-order valence-electron chi connectivity index (χ0n) is 11.9. The predicted octanol–water partition coefficient (Wildman–Crippen LogP) is -1.83. The van der Waals surface area contributed by atoms with Crippen LogP contribution in [0.4, 0.5) is 0 Å². The van der Waals surface area contributed by atoms with Gasteiger partial charge in [0.05, 0.1) is 31.5 Å². The molecule has 0 aliphatic rings. The molecule has 20 heavy (non-hydrogen) atoms. The van der Waals surface area contributed by atoms with E-state index in [9.17, 15) is 18.3 Å². The fourth-order valence-electron chi connectivity index (χ4n) is 1.72. The maximum atomic E-state index is 12.0. The molecule has 1 aromatic carbocycles. The van der Waals surface area contributed by atoms with Crippen LogP contribution in [0.15, 0.2) is 23.1 Å². The van der Waals surface area contributed by atoms with Crippen LogP contribution in [0.2, 0.25) is 0 Å². The molecule has 6 nitrogen and oxygen atoms in total. The zero-order chi connectivity index (χ0) is 15.3. The van der Waals surface area contributed by atoms with E-state index in [0.717, 1.165) is 12.6 Å². The first-order valence-electron chi connectivity index (χ1n) is 6.34. The Balaban J connectivity index is 2.82. The summed E-state index contributed by atoms with van der Waals surface area (Å²) in [6, 6.07) is 3.98. The van der Waals surface area contributed by atoms with Gasteiger partial charge in [0.1, 0.15) is 0 Å². The van der Waals surface area contributed by atoms with Gasteiger partial charge in [0.25, 0.3) is 0 Å². The molecule has 2 N–H and O–H groups in total. The minimum absolute atomic E-state index is 0.0560. The van der Waals surface area contributed by atoms with Crippen LogP contribution in [0.1, 0.15) is 22.3 Å². The Morgan fingerprint density at radius 2 is 2.00 bits per heavy atom. The number of carboxylic acid groups (broad SMARTS) is 1. The highest BCUT2D eigenvalue weighted by Gasteiger charge is 2.15. The standard InChI is InChI=1S/C13H20N2O4S/c1-10-5-6-11(9-12(10)13(16)17)20(18,19)14-7-4-8-15(2)3/h5-6,9,14H,4,7-8H2,1-3H3,(H,16,17). The van der Waals surface area contributed by atoms with Crippen molar-refractivity contribution < 1.29 is 23.2 Å². The van der Waals surface area contributed by atoms with Crippen molar-refractivity contribution in [2.24, 2.45) is 0 Å². The van der Waals surface area contributed by atoms with E-state index in [1.54, 1.807) is 6.92 Å². The normalized spacial score (nSPS) is 11.8. The number of hydrogen-bond donors (Lipinski definition) is 2. The van der Waals surface area contributed by atoms with Crippen molar-refractivity contribution >= 4 is 16.0 Å². The highest BCUT2D eigenvalue weighted by Crippen LogP contribution is 2.14. The average Bonchev–Trinajstić information content (AvgIpc) is 2.34. The van der Waals surface area contributed by atoms with Gasteiger partial charge in [-0.1, -0.05) is 6.07 Å². The van der Waals surface area contributed by atoms with Crippen LogP contribution in [0.5, 0.6) is 0 Å². The molecule has 0 saturated carbocycles. The molecule has 0 saturated heterocycles. The summed E-state index contributed by atoms with van der Waals surface area (Å²) < 4.78 is 26.5. The number of sulfonamides is 1. The molecule has 0 aliphatic carbocycles. The van der Waals surface area contributed by atoms with Gasteiger partial charge in [0.2, 0.25) is 10.0 Å². The summed E-state index contributed by atoms with van der Waals surface area (Å²) in [6.45, 7) is 2.76. The number of carbonyl (C=O) groups excluding carboxylic acids is 1. The van der Waals surface area contributed by atoms with Gasteiger partial charge in [-0.3, -0.25) is 0 Å². The number of carboxylic acids is 1. The van der Waals surface area contributed by atoms with Crippen molar-refractivity contribution in [3.05, 3.63) is 29.3 Å². The molecule has 112 valence electrons. The molecule has 0 atom stereocenters. The van der Waals surface area contributed by atoms with Gasteiger partial charge in [0, 0.05) is 18.5 Å². The quantitative estimate of drug-likeness (QED) is 0.580. The van der Waals surface area contributed by atoms with E-state index < -0.39 is 16.0 Å². The second-order valence-corrected chi connectivity index (χ2v) is 6.74. The lowest BCUT2D eigenvalue weighted by Crippen LogP contribution is -3.05. The van der Waals surface area contributed by atoms with Crippen LogP contribution in [-0.4, -0.2) is 41.6 Å². The number of rotatable bonds is 7. The summed E-state index contributed by atoms with van der Waals surface area (Å²) in [7, 11) is 0.292. The second-order valence-electron chi connectivity index (χ2n) is 4.97. The monoisotopic (exact) mass is 300 g/mol. The summed E-state index contributed by atoms with van der Waals surface area (Å²) in [5, 5.41) is 10.9. The van der Waals surface area contributed by atoms with Crippen molar-refractivity contribution in [1.29, 1.82) is 0 Å². The zero-order valence-corrected chi connectivity index (χ0v) is 12.7. The number of benzene rings is 1. The fourth-order valence-corrected chi connectivity index (χ4v) is 2.82. The molecular weight excluding hydrogens is 280 g/mol. The van der Waals surface area contributed by atoms with Crippen molar-refractivity contribution in [3.63, 3.8) is 0 Å². The third-order valence-corrected chi connectivity index (χ3v) is 4.34. The molecule has 0 aromatic heterocycles. The molecule has 1 rings (SSSR count). The number of hydrogen-bond acceptors (Lipinski definition) is 4. The van der Waals surface area contributed by atoms with Crippen molar-refractivity contribution in [2.75, 3.05) is 27.2 Å². The molecule has 7 heteroatoms. The largest absolute Gasteiger partial charge is 0.545 e. The van der Waals surface area contributed by atoms with Crippen molar-refractivity contribution in [3.8, 4) is 0 Å². The van der Waals surface area contributed by atoms with Gasteiger partial charge in [-0.05, 0) is 24.6 Å². The van der Waals surface area contributed by atoms with Gasteiger partial charge in [-0.25, -0.2) is 13.1 Å². The molecule has 0 radical (unpaired) electrons. The Hall–Kier alpha value is -1.44. The summed E-state index contributed by atoms with van der Waals surface area (Å²) in [5.41, 5.74) is 0.366. The third kappa shape index (κ3) is 4.59. The van der Waals surface area contributed by atoms with Crippen molar-refractivity contribution in [2.45, 2.75) is 18.2 Å². The van der Waals surface area contributed by atoms with E-state index in [4.69, 9.17) is 0 Å². The molecule has 1 aromatic rings. The first-order valence-corrected chi connectivity index (χ1v) is 7.83. The third-order valence-electron chi connectivity index (χ3n) is 2.88. The Morgan fingerprint density at radius 3 is 2.55 bits per heavy atom. The van der Waals surface area contributed by atoms with Crippen LogP contribution >= 0.6 is 0 Å². The number of nitrogens with one attached hydrogen (secondary N) is 2. The molecule has 0 aliphatic heterocycles. The maximum absolute atomic E-state index is 12.0. The molecule has 0 unspecified atom stereocenters. The molecule has 0 spiro atoms. The SMILES string of the molecule is Cc1ccc(S(=O)(=O)NCCC[NH+](C)C)cc1C(=O)[O-]. The van der Waals surface area contributed by atoms with Gasteiger partial charge in [-0.2, -0.15) is 0 Å². The minimum atomic E-state index is -3.68. The smallest absolute Gasteiger partial charge is 0.240 e. The maximum Gasteiger partial charge on any atom is 0.240 e. The Labute approximate surface area is 119 Å². The van der Waals surface area contributed by atoms with Crippen LogP contribution in [0, 0.1) is 6.92 Å². The van der Waals surface area contributed by atoms with Crippen molar-refractivity contribution in [1.82, 2.24) is 4.72 Å². The highest BCUT2D eigenvalue weighted by atomic mass is 32.2. The van der Waals surface area contributed by atoms with E-state index in [0.29, 0.717) is 18.5 Å². The van der Waals surface area contributed by atoms with E-state index in [1.165, 1.54) is 17.0 Å². The summed E-state index contributed by atoms with van der Waals surface area (Å²) >= 11 is 0. The van der Waals surface area contributed by atoms with Gasteiger partial charge in [0.15, 0.2) is 0 Å². The van der Waals surface area contributed by atoms with Crippen LogP contribution in [0.3, 0.4) is 0 Å².